The molecule has 0 aliphatic heterocycles. The third-order valence-corrected chi connectivity index (χ3v) is 6.75. The van der Waals surface area contributed by atoms with Gasteiger partial charge in [0, 0.05) is 19.6 Å². The predicted octanol–water partition coefficient (Wildman–Crippen LogP) is 7.11. The molecule has 4 nitrogen and oxygen atoms in total. The Labute approximate surface area is 223 Å². The van der Waals surface area contributed by atoms with Gasteiger partial charge in [-0.2, -0.15) is 11.3 Å². The second-order valence-corrected chi connectivity index (χ2v) is 9.76. The van der Waals surface area contributed by atoms with Gasteiger partial charge >= 0.3 is 5.97 Å². The number of rotatable bonds is 12. The van der Waals surface area contributed by atoms with Gasteiger partial charge in [-0.05, 0) is 63.7 Å². The van der Waals surface area contributed by atoms with Crippen LogP contribution in [0.15, 0.2) is 95.7 Å². The number of carboxylic acid groups (broad SMARTS) is 1. The van der Waals surface area contributed by atoms with Gasteiger partial charge in [-0.25, -0.2) is 0 Å². The molecule has 0 unspecified atom stereocenters. The minimum atomic E-state index is -0.856. The third kappa shape index (κ3) is 8.35. The number of hydrogen-bond acceptors (Lipinski definition) is 4. The number of benzene rings is 3. The topological polar surface area (TPSA) is 49.8 Å². The first-order chi connectivity index (χ1) is 18.1. The second kappa shape index (κ2) is 13.5. The van der Waals surface area contributed by atoms with E-state index in [9.17, 15) is 4.79 Å². The van der Waals surface area contributed by atoms with E-state index in [1.165, 1.54) is 16.7 Å². The number of carboxylic acids is 1. The van der Waals surface area contributed by atoms with Crippen molar-refractivity contribution < 1.29 is 14.6 Å². The van der Waals surface area contributed by atoms with Crippen molar-refractivity contribution in [3.63, 3.8) is 0 Å². The van der Waals surface area contributed by atoms with Crippen LogP contribution >= 0.6 is 11.3 Å². The smallest absolute Gasteiger partial charge is 0.304 e. The van der Waals surface area contributed by atoms with Crippen molar-refractivity contribution >= 4 is 17.3 Å². The Balaban J connectivity index is 1.39. The molecule has 1 aromatic heterocycles. The van der Waals surface area contributed by atoms with Crippen LogP contribution in [0.1, 0.15) is 47.1 Å². The van der Waals surface area contributed by atoms with Gasteiger partial charge in [-0.3, -0.25) is 9.69 Å². The van der Waals surface area contributed by atoms with E-state index < -0.39 is 5.97 Å². The monoisotopic (exact) mass is 509 g/mol. The van der Waals surface area contributed by atoms with Gasteiger partial charge in [0.15, 0.2) is 0 Å². The van der Waals surface area contributed by atoms with Crippen LogP contribution in [0.2, 0.25) is 0 Å². The Hall–Kier alpha value is -3.85. The van der Waals surface area contributed by atoms with Crippen LogP contribution < -0.4 is 4.74 Å². The first-order valence-electron chi connectivity index (χ1n) is 12.3. The molecule has 0 saturated heterocycles. The predicted molar refractivity (Wildman–Crippen MR) is 149 cm³/mol. The fourth-order valence-corrected chi connectivity index (χ4v) is 4.95. The maximum atomic E-state index is 11.2. The molecule has 0 fully saturated rings. The SMILES string of the molecule is CC#C[C@@H](CC(=O)O)c1ccc(OCc2cccc(CN(Cc3ccccc3)Cc3ccsc3)c2)cc1. The van der Waals surface area contributed by atoms with E-state index in [4.69, 9.17) is 9.84 Å². The lowest BCUT2D eigenvalue weighted by atomic mass is 9.96. The Morgan fingerprint density at radius 3 is 2.30 bits per heavy atom. The summed E-state index contributed by atoms with van der Waals surface area (Å²) in [4.78, 5) is 13.6. The van der Waals surface area contributed by atoms with Gasteiger partial charge in [0.2, 0.25) is 0 Å². The first kappa shape index (κ1) is 26.2. The number of hydrogen-bond donors (Lipinski definition) is 1. The van der Waals surface area contributed by atoms with Gasteiger partial charge in [0.1, 0.15) is 12.4 Å². The molecule has 0 radical (unpaired) electrons. The minimum Gasteiger partial charge on any atom is -0.489 e. The molecule has 0 aliphatic carbocycles. The van der Waals surface area contributed by atoms with E-state index in [0.717, 1.165) is 36.5 Å². The maximum Gasteiger partial charge on any atom is 0.304 e. The Bertz CT molecular complexity index is 1320. The summed E-state index contributed by atoms with van der Waals surface area (Å²) in [7, 11) is 0. The van der Waals surface area contributed by atoms with Crippen LogP contribution in [0, 0.1) is 11.8 Å². The van der Waals surface area contributed by atoms with E-state index in [1.807, 2.05) is 24.3 Å². The van der Waals surface area contributed by atoms with Crippen molar-refractivity contribution in [2.75, 3.05) is 0 Å². The average molecular weight is 510 g/mol. The lowest BCUT2D eigenvalue weighted by molar-refractivity contribution is -0.137. The lowest BCUT2D eigenvalue weighted by Crippen LogP contribution is -2.22. The fraction of sp³-hybridized carbons (Fsp3) is 0.219. The molecule has 37 heavy (non-hydrogen) atoms. The zero-order valence-electron chi connectivity index (χ0n) is 21.0. The summed E-state index contributed by atoms with van der Waals surface area (Å²) in [6.45, 7) is 4.82. The molecule has 1 atom stereocenters. The van der Waals surface area contributed by atoms with E-state index >= 15 is 0 Å². The summed E-state index contributed by atoms with van der Waals surface area (Å²) in [5.74, 6) is 5.38. The zero-order chi connectivity index (χ0) is 25.9. The number of thiophene rings is 1. The summed E-state index contributed by atoms with van der Waals surface area (Å²) in [5.41, 5.74) is 5.88. The van der Waals surface area contributed by atoms with Gasteiger partial charge < -0.3 is 9.84 Å². The molecular weight excluding hydrogens is 478 g/mol. The van der Waals surface area contributed by atoms with Gasteiger partial charge in [-0.1, -0.05) is 72.7 Å². The Morgan fingerprint density at radius 2 is 1.59 bits per heavy atom. The van der Waals surface area contributed by atoms with Gasteiger partial charge in [0.25, 0.3) is 0 Å². The number of ether oxygens (including phenoxy) is 1. The van der Waals surface area contributed by atoms with Crippen LogP contribution in [0.4, 0.5) is 0 Å². The maximum absolute atomic E-state index is 11.2. The Morgan fingerprint density at radius 1 is 0.892 bits per heavy atom. The first-order valence-corrected chi connectivity index (χ1v) is 13.3. The molecule has 4 aromatic rings. The van der Waals surface area contributed by atoms with Crippen molar-refractivity contribution in [2.45, 2.75) is 45.5 Å². The zero-order valence-corrected chi connectivity index (χ0v) is 21.8. The lowest BCUT2D eigenvalue weighted by Gasteiger charge is -2.22. The summed E-state index contributed by atoms with van der Waals surface area (Å²) >= 11 is 1.73. The molecule has 0 saturated carbocycles. The summed E-state index contributed by atoms with van der Waals surface area (Å²) in [5, 5.41) is 13.5. The highest BCUT2D eigenvalue weighted by Gasteiger charge is 2.13. The van der Waals surface area contributed by atoms with Gasteiger partial charge in [0.05, 0.1) is 12.3 Å². The fourth-order valence-electron chi connectivity index (χ4n) is 4.29. The van der Waals surface area contributed by atoms with E-state index in [0.29, 0.717) is 6.61 Å². The van der Waals surface area contributed by atoms with Crippen molar-refractivity contribution in [2.24, 2.45) is 0 Å². The average Bonchev–Trinajstić information content (AvgIpc) is 3.41. The summed E-state index contributed by atoms with van der Waals surface area (Å²) in [6.07, 6.45) is -0.0124. The van der Waals surface area contributed by atoms with Crippen molar-refractivity contribution in [1.82, 2.24) is 4.90 Å². The highest BCUT2D eigenvalue weighted by atomic mass is 32.1. The molecule has 0 amide bonds. The summed E-state index contributed by atoms with van der Waals surface area (Å²) < 4.78 is 6.04. The highest BCUT2D eigenvalue weighted by molar-refractivity contribution is 7.07. The van der Waals surface area contributed by atoms with E-state index in [2.05, 4.69) is 88.2 Å². The van der Waals surface area contributed by atoms with Gasteiger partial charge in [-0.15, -0.1) is 5.92 Å². The van der Waals surface area contributed by atoms with E-state index in [1.54, 1.807) is 18.3 Å². The number of carbonyl (C=O) groups is 1. The van der Waals surface area contributed by atoms with Crippen molar-refractivity contribution in [3.05, 3.63) is 124 Å². The molecular formula is C32H31NO3S. The van der Waals surface area contributed by atoms with Crippen LogP contribution in [0.25, 0.3) is 0 Å². The molecule has 188 valence electrons. The molecule has 0 bridgehead atoms. The largest absolute Gasteiger partial charge is 0.489 e. The quantitative estimate of drug-likeness (QED) is 0.207. The Kier molecular flexibility index (Phi) is 9.54. The highest BCUT2D eigenvalue weighted by Crippen LogP contribution is 2.23. The van der Waals surface area contributed by atoms with Crippen molar-refractivity contribution in [3.8, 4) is 17.6 Å². The standard InChI is InChI=1S/C32H31NO3S/c1-2-7-30(19-32(34)35)29-12-14-31(15-13-29)36-23-27-11-6-10-26(18-27)21-33(22-28-16-17-37-24-28)20-25-8-4-3-5-9-25/h3-6,8-18,24,30H,19-23H2,1H3,(H,34,35)/t30-/m0/s1. The third-order valence-electron chi connectivity index (χ3n) is 6.02. The van der Waals surface area contributed by atoms with Crippen LogP contribution in [0.5, 0.6) is 5.75 Å². The minimum absolute atomic E-state index is 0.0124. The molecule has 3 aromatic carbocycles. The summed E-state index contributed by atoms with van der Waals surface area (Å²) in [6, 6.07) is 28.9. The normalized spacial score (nSPS) is 11.5. The molecule has 1 heterocycles. The molecule has 0 aliphatic rings. The molecule has 5 heteroatoms. The number of aliphatic carboxylic acids is 1. The van der Waals surface area contributed by atoms with Crippen LogP contribution in [0.3, 0.4) is 0 Å². The molecule has 0 spiro atoms. The number of nitrogens with zero attached hydrogens (tertiary/aromatic N) is 1. The molecule has 1 N–H and O–H groups in total. The van der Waals surface area contributed by atoms with Crippen LogP contribution in [-0.4, -0.2) is 16.0 Å². The second-order valence-electron chi connectivity index (χ2n) is 8.98. The van der Waals surface area contributed by atoms with Crippen LogP contribution in [-0.2, 0) is 31.0 Å². The van der Waals surface area contributed by atoms with Crippen molar-refractivity contribution in [1.29, 1.82) is 0 Å². The van der Waals surface area contributed by atoms with E-state index in [-0.39, 0.29) is 12.3 Å². The molecule has 4 rings (SSSR count).